The number of imide groups is 1. The lowest BCUT2D eigenvalue weighted by Gasteiger charge is -2.18. The molecule has 144 valence electrons. The molecular formula is C20H25IN4O2. The number of halogens is 1. The zero-order valence-corrected chi connectivity index (χ0v) is 17.6. The molecule has 2 amide bonds. The fourth-order valence-corrected chi connectivity index (χ4v) is 4.47. The summed E-state index contributed by atoms with van der Waals surface area (Å²) >= 11 is 0. The summed E-state index contributed by atoms with van der Waals surface area (Å²) in [5.74, 6) is 0.965. The van der Waals surface area contributed by atoms with Crippen LogP contribution in [0.4, 0.5) is 0 Å². The number of guanidine groups is 1. The molecule has 0 spiro atoms. The van der Waals surface area contributed by atoms with Crippen molar-refractivity contribution in [3.63, 3.8) is 0 Å². The Bertz CT molecular complexity index is 735. The lowest BCUT2D eigenvalue weighted by Crippen LogP contribution is -2.43. The molecule has 1 aromatic carbocycles. The largest absolute Gasteiger partial charge is 0.355 e. The normalized spacial score (nSPS) is 28.3. The van der Waals surface area contributed by atoms with E-state index in [0.717, 1.165) is 12.0 Å². The Morgan fingerprint density at radius 1 is 1.07 bits per heavy atom. The van der Waals surface area contributed by atoms with Gasteiger partial charge in [0.15, 0.2) is 5.96 Å². The molecule has 4 unspecified atom stereocenters. The number of aliphatic imine (C=N–C) groups is 1. The summed E-state index contributed by atoms with van der Waals surface area (Å²) in [5.41, 5.74) is 1.16. The van der Waals surface area contributed by atoms with Crippen LogP contribution < -0.4 is 10.6 Å². The van der Waals surface area contributed by atoms with Crippen LogP contribution in [0.2, 0.25) is 0 Å². The van der Waals surface area contributed by atoms with E-state index in [4.69, 9.17) is 0 Å². The Morgan fingerprint density at radius 2 is 1.70 bits per heavy atom. The highest BCUT2D eigenvalue weighted by Crippen LogP contribution is 2.52. The van der Waals surface area contributed by atoms with E-state index in [1.165, 1.54) is 4.90 Å². The van der Waals surface area contributed by atoms with Crippen LogP contribution in [0.15, 0.2) is 47.5 Å². The fourth-order valence-electron chi connectivity index (χ4n) is 4.47. The van der Waals surface area contributed by atoms with Gasteiger partial charge in [-0.15, -0.1) is 24.0 Å². The second-order valence-electron chi connectivity index (χ2n) is 7.17. The quantitative estimate of drug-likeness (QED) is 0.222. The first-order valence-corrected chi connectivity index (χ1v) is 9.21. The standard InChI is InChI=1S/C20H24N4O2.HI/c1-21-20(23-12-13-5-3-2-4-6-13)22-9-10-24-18(25)16-14-7-8-15(11-14)17(16)19(24)26;/h2-8,14-17H,9-12H2,1H3,(H2,21,22,23);1H. The van der Waals surface area contributed by atoms with Crippen molar-refractivity contribution in [1.82, 2.24) is 15.5 Å². The van der Waals surface area contributed by atoms with Gasteiger partial charge in [0, 0.05) is 26.7 Å². The van der Waals surface area contributed by atoms with E-state index in [1.54, 1.807) is 7.05 Å². The van der Waals surface area contributed by atoms with E-state index in [0.29, 0.717) is 25.6 Å². The number of carbonyl (C=O) groups is 2. The molecule has 6 nitrogen and oxygen atoms in total. The Morgan fingerprint density at radius 3 is 2.30 bits per heavy atom. The van der Waals surface area contributed by atoms with Gasteiger partial charge < -0.3 is 10.6 Å². The summed E-state index contributed by atoms with van der Waals surface area (Å²) in [6.45, 7) is 1.55. The monoisotopic (exact) mass is 480 g/mol. The molecule has 4 rings (SSSR count). The van der Waals surface area contributed by atoms with Crippen LogP contribution in [0.1, 0.15) is 12.0 Å². The second kappa shape index (κ2) is 8.41. The van der Waals surface area contributed by atoms with Crippen molar-refractivity contribution < 1.29 is 9.59 Å². The highest BCUT2D eigenvalue weighted by Gasteiger charge is 2.58. The van der Waals surface area contributed by atoms with Crippen LogP contribution in [0.5, 0.6) is 0 Å². The number of likely N-dealkylation sites (tertiary alicyclic amines) is 1. The summed E-state index contributed by atoms with van der Waals surface area (Å²) in [5, 5.41) is 6.43. The van der Waals surface area contributed by atoms with E-state index in [2.05, 4.69) is 27.8 Å². The maximum absolute atomic E-state index is 12.6. The second-order valence-corrected chi connectivity index (χ2v) is 7.17. The summed E-state index contributed by atoms with van der Waals surface area (Å²) in [4.78, 5) is 30.9. The molecule has 7 heteroatoms. The lowest BCUT2D eigenvalue weighted by molar-refractivity contribution is -0.140. The SMILES string of the molecule is CN=C(NCCN1C(=O)C2C3C=CC(C3)C2C1=O)NCc1ccccc1.I. The number of benzene rings is 1. The number of hydrogen-bond donors (Lipinski definition) is 2. The predicted molar refractivity (Wildman–Crippen MR) is 114 cm³/mol. The minimum Gasteiger partial charge on any atom is -0.355 e. The van der Waals surface area contributed by atoms with E-state index in [-0.39, 0.29) is 59.5 Å². The first kappa shape index (κ1) is 19.9. The summed E-state index contributed by atoms with van der Waals surface area (Å²) in [6.07, 6.45) is 5.21. The molecule has 1 saturated heterocycles. The number of hydrogen-bond acceptors (Lipinski definition) is 3. The predicted octanol–water partition coefficient (Wildman–Crippen LogP) is 1.78. The highest BCUT2D eigenvalue weighted by atomic mass is 127. The smallest absolute Gasteiger partial charge is 0.233 e. The Hall–Kier alpha value is -1.90. The summed E-state index contributed by atoms with van der Waals surface area (Å²) in [7, 11) is 1.71. The van der Waals surface area contributed by atoms with Crippen molar-refractivity contribution in [3.05, 3.63) is 48.0 Å². The van der Waals surface area contributed by atoms with Crippen LogP contribution in [0.25, 0.3) is 0 Å². The lowest BCUT2D eigenvalue weighted by atomic mass is 9.85. The molecule has 2 aliphatic carbocycles. The molecular weight excluding hydrogens is 455 g/mol. The maximum atomic E-state index is 12.6. The van der Waals surface area contributed by atoms with Gasteiger partial charge in [-0.05, 0) is 23.8 Å². The number of allylic oxidation sites excluding steroid dienone is 2. The maximum Gasteiger partial charge on any atom is 0.233 e. The highest BCUT2D eigenvalue weighted by molar-refractivity contribution is 14.0. The van der Waals surface area contributed by atoms with Crippen LogP contribution in [-0.2, 0) is 16.1 Å². The first-order valence-electron chi connectivity index (χ1n) is 9.21. The molecule has 0 radical (unpaired) electrons. The molecule has 27 heavy (non-hydrogen) atoms. The molecule has 4 atom stereocenters. The molecule has 1 saturated carbocycles. The third kappa shape index (κ3) is 3.74. The van der Waals surface area contributed by atoms with Crippen LogP contribution >= 0.6 is 24.0 Å². The van der Waals surface area contributed by atoms with Crippen LogP contribution in [0.3, 0.4) is 0 Å². The van der Waals surface area contributed by atoms with Crippen molar-refractivity contribution >= 4 is 41.8 Å². The van der Waals surface area contributed by atoms with Gasteiger partial charge in [0.1, 0.15) is 0 Å². The first-order chi connectivity index (χ1) is 12.7. The molecule has 1 aromatic rings. The average molecular weight is 480 g/mol. The minimum absolute atomic E-state index is 0. The third-order valence-corrected chi connectivity index (χ3v) is 5.72. The number of fused-ring (bicyclic) bond motifs is 5. The topological polar surface area (TPSA) is 73.8 Å². The Labute approximate surface area is 176 Å². The van der Waals surface area contributed by atoms with Gasteiger partial charge in [0.25, 0.3) is 0 Å². The van der Waals surface area contributed by atoms with E-state index >= 15 is 0 Å². The molecule has 1 aliphatic heterocycles. The van der Waals surface area contributed by atoms with Gasteiger partial charge in [-0.2, -0.15) is 0 Å². The zero-order chi connectivity index (χ0) is 18.1. The number of nitrogens with one attached hydrogen (secondary N) is 2. The molecule has 2 fully saturated rings. The number of nitrogens with zero attached hydrogens (tertiary/aromatic N) is 2. The van der Waals surface area contributed by atoms with Gasteiger partial charge in [0.2, 0.25) is 11.8 Å². The van der Waals surface area contributed by atoms with Gasteiger partial charge in [-0.1, -0.05) is 42.5 Å². The van der Waals surface area contributed by atoms with Crippen molar-refractivity contribution in [3.8, 4) is 0 Å². The van der Waals surface area contributed by atoms with Gasteiger partial charge in [0.05, 0.1) is 11.8 Å². The summed E-state index contributed by atoms with van der Waals surface area (Å²) in [6, 6.07) is 10.1. The van der Waals surface area contributed by atoms with Gasteiger partial charge in [-0.3, -0.25) is 19.5 Å². The van der Waals surface area contributed by atoms with E-state index in [1.807, 2.05) is 30.3 Å². The van der Waals surface area contributed by atoms with Crippen LogP contribution in [0, 0.1) is 23.7 Å². The molecule has 2 N–H and O–H groups in total. The van der Waals surface area contributed by atoms with E-state index < -0.39 is 0 Å². The number of carbonyl (C=O) groups excluding carboxylic acids is 2. The Kier molecular flexibility index (Phi) is 6.18. The number of rotatable bonds is 5. The van der Waals surface area contributed by atoms with Crippen molar-refractivity contribution in [2.24, 2.45) is 28.7 Å². The van der Waals surface area contributed by atoms with Crippen molar-refractivity contribution in [2.75, 3.05) is 20.1 Å². The van der Waals surface area contributed by atoms with Crippen LogP contribution in [-0.4, -0.2) is 42.8 Å². The third-order valence-electron chi connectivity index (χ3n) is 5.72. The van der Waals surface area contributed by atoms with Crippen molar-refractivity contribution in [2.45, 2.75) is 13.0 Å². The van der Waals surface area contributed by atoms with Gasteiger partial charge in [-0.25, -0.2) is 0 Å². The van der Waals surface area contributed by atoms with E-state index in [9.17, 15) is 9.59 Å². The molecule has 3 aliphatic rings. The Balaban J connectivity index is 0.00000210. The van der Waals surface area contributed by atoms with Crippen molar-refractivity contribution in [1.29, 1.82) is 0 Å². The molecule has 0 aromatic heterocycles. The zero-order valence-electron chi connectivity index (χ0n) is 15.3. The molecule has 2 bridgehead atoms. The fraction of sp³-hybridized carbons (Fsp3) is 0.450. The van der Waals surface area contributed by atoms with Gasteiger partial charge >= 0.3 is 0 Å². The minimum atomic E-state index is -0.118. The summed E-state index contributed by atoms with van der Waals surface area (Å²) < 4.78 is 0. The number of amides is 2. The molecule has 1 heterocycles. The average Bonchev–Trinajstić information content (AvgIpc) is 3.34.